The molecule has 1 N–H and O–H groups in total. The highest BCUT2D eigenvalue weighted by atomic mass is 16.5. The molecule has 1 aliphatic rings. The molecule has 1 heterocycles. The van der Waals surface area contributed by atoms with E-state index in [0.29, 0.717) is 24.7 Å². The minimum atomic E-state index is -0.449. The normalized spacial score (nSPS) is 21.7. The van der Waals surface area contributed by atoms with Gasteiger partial charge in [-0.2, -0.15) is 4.98 Å². The van der Waals surface area contributed by atoms with Crippen molar-refractivity contribution in [2.24, 2.45) is 0 Å². The molecule has 1 aromatic heterocycles. The van der Waals surface area contributed by atoms with Crippen LogP contribution in [0, 0.1) is 0 Å². The standard InChI is InChI=1S/C16H28N2O3/c1-4-13(19)12(3)14-17-15(18-21-14)16(20-5-2)10-8-6-7-9-11-16/h12-13,19H,4-11H2,1-3H3. The van der Waals surface area contributed by atoms with Crippen molar-refractivity contribution in [1.82, 2.24) is 10.1 Å². The average molecular weight is 296 g/mol. The molecule has 5 heteroatoms. The summed E-state index contributed by atoms with van der Waals surface area (Å²) in [6.45, 7) is 6.53. The van der Waals surface area contributed by atoms with Crippen molar-refractivity contribution in [2.75, 3.05) is 6.61 Å². The molecule has 0 amide bonds. The van der Waals surface area contributed by atoms with Crippen LogP contribution in [0.25, 0.3) is 0 Å². The SMILES string of the molecule is CCOC1(c2noc(C(C)C(O)CC)n2)CCCCCC1. The van der Waals surface area contributed by atoms with E-state index in [1.54, 1.807) is 0 Å². The first-order valence-electron chi connectivity index (χ1n) is 8.29. The third-order valence-electron chi connectivity index (χ3n) is 4.57. The first kappa shape index (κ1) is 16.4. The van der Waals surface area contributed by atoms with E-state index >= 15 is 0 Å². The number of aliphatic hydroxyl groups excluding tert-OH is 1. The van der Waals surface area contributed by atoms with Crippen molar-refractivity contribution in [1.29, 1.82) is 0 Å². The van der Waals surface area contributed by atoms with Gasteiger partial charge >= 0.3 is 0 Å². The highest BCUT2D eigenvalue weighted by molar-refractivity contribution is 5.05. The van der Waals surface area contributed by atoms with Gasteiger partial charge in [-0.25, -0.2) is 0 Å². The van der Waals surface area contributed by atoms with Gasteiger partial charge in [-0.1, -0.05) is 44.7 Å². The van der Waals surface area contributed by atoms with Gasteiger partial charge in [0.05, 0.1) is 12.0 Å². The van der Waals surface area contributed by atoms with E-state index in [1.165, 1.54) is 12.8 Å². The van der Waals surface area contributed by atoms with E-state index in [2.05, 4.69) is 10.1 Å². The summed E-state index contributed by atoms with van der Waals surface area (Å²) < 4.78 is 11.5. The number of aliphatic hydroxyl groups is 1. The summed E-state index contributed by atoms with van der Waals surface area (Å²) in [5, 5.41) is 14.1. The lowest BCUT2D eigenvalue weighted by Gasteiger charge is -2.29. The van der Waals surface area contributed by atoms with Gasteiger partial charge in [0.1, 0.15) is 5.60 Å². The van der Waals surface area contributed by atoms with E-state index in [9.17, 15) is 5.11 Å². The molecule has 0 radical (unpaired) electrons. The minimum Gasteiger partial charge on any atom is -0.392 e. The van der Waals surface area contributed by atoms with Gasteiger partial charge in [-0.3, -0.25) is 0 Å². The second-order valence-corrected chi connectivity index (χ2v) is 6.06. The highest BCUT2D eigenvalue weighted by Crippen LogP contribution is 2.38. The lowest BCUT2D eigenvalue weighted by atomic mass is 9.93. The second kappa shape index (κ2) is 7.36. The summed E-state index contributed by atoms with van der Waals surface area (Å²) in [5.41, 5.74) is -0.399. The fraction of sp³-hybridized carbons (Fsp3) is 0.875. The number of aromatic nitrogens is 2. The van der Waals surface area contributed by atoms with Crippen LogP contribution in [-0.4, -0.2) is 28.0 Å². The number of ether oxygens (including phenoxy) is 1. The zero-order valence-electron chi connectivity index (χ0n) is 13.5. The summed E-state index contributed by atoms with van der Waals surface area (Å²) in [6, 6.07) is 0. The van der Waals surface area contributed by atoms with Crippen LogP contribution in [0.4, 0.5) is 0 Å². The molecule has 0 aromatic carbocycles. The van der Waals surface area contributed by atoms with Gasteiger partial charge in [0.2, 0.25) is 11.7 Å². The molecular formula is C16H28N2O3. The molecule has 2 rings (SSSR count). The van der Waals surface area contributed by atoms with Crippen molar-refractivity contribution in [3.05, 3.63) is 11.7 Å². The molecular weight excluding hydrogens is 268 g/mol. The Labute approximate surface area is 127 Å². The van der Waals surface area contributed by atoms with Crippen LogP contribution in [0.15, 0.2) is 4.52 Å². The molecule has 21 heavy (non-hydrogen) atoms. The molecule has 0 aliphatic heterocycles. The molecule has 1 saturated carbocycles. The van der Waals surface area contributed by atoms with E-state index in [4.69, 9.17) is 9.26 Å². The van der Waals surface area contributed by atoms with Crippen LogP contribution in [0.1, 0.15) is 83.3 Å². The maximum absolute atomic E-state index is 9.95. The zero-order chi connectivity index (χ0) is 15.3. The van der Waals surface area contributed by atoms with Crippen molar-refractivity contribution in [2.45, 2.75) is 83.3 Å². The van der Waals surface area contributed by atoms with E-state index in [0.717, 1.165) is 25.7 Å². The monoisotopic (exact) mass is 296 g/mol. The molecule has 1 aromatic rings. The number of hydrogen-bond donors (Lipinski definition) is 1. The fourth-order valence-corrected chi connectivity index (χ4v) is 3.13. The van der Waals surface area contributed by atoms with Crippen LogP contribution < -0.4 is 0 Å². The Hall–Kier alpha value is -0.940. The van der Waals surface area contributed by atoms with Crippen molar-refractivity contribution < 1.29 is 14.4 Å². The van der Waals surface area contributed by atoms with Crippen LogP contribution in [-0.2, 0) is 10.3 Å². The largest absolute Gasteiger partial charge is 0.392 e. The topological polar surface area (TPSA) is 68.4 Å². The quantitative estimate of drug-likeness (QED) is 0.813. The summed E-state index contributed by atoms with van der Waals surface area (Å²) in [7, 11) is 0. The molecule has 2 unspecified atom stereocenters. The number of rotatable bonds is 6. The average Bonchev–Trinajstić information content (AvgIpc) is 2.88. The van der Waals surface area contributed by atoms with Gasteiger partial charge < -0.3 is 14.4 Å². The van der Waals surface area contributed by atoms with Crippen LogP contribution in [0.5, 0.6) is 0 Å². The Kier molecular flexibility index (Phi) is 5.76. The van der Waals surface area contributed by atoms with Gasteiger partial charge in [0.25, 0.3) is 0 Å². The van der Waals surface area contributed by atoms with Crippen LogP contribution >= 0.6 is 0 Å². The summed E-state index contributed by atoms with van der Waals surface area (Å²) in [4.78, 5) is 4.57. The molecule has 5 nitrogen and oxygen atoms in total. The van der Waals surface area contributed by atoms with Crippen molar-refractivity contribution in [3.63, 3.8) is 0 Å². The minimum absolute atomic E-state index is 0.138. The Morgan fingerprint density at radius 3 is 2.48 bits per heavy atom. The highest BCUT2D eigenvalue weighted by Gasteiger charge is 2.39. The lowest BCUT2D eigenvalue weighted by molar-refractivity contribution is -0.0636. The number of nitrogens with zero attached hydrogens (tertiary/aromatic N) is 2. The van der Waals surface area contributed by atoms with Crippen LogP contribution in [0.2, 0.25) is 0 Å². The first-order chi connectivity index (χ1) is 10.1. The van der Waals surface area contributed by atoms with Gasteiger partial charge in [0.15, 0.2) is 0 Å². The number of hydrogen-bond acceptors (Lipinski definition) is 5. The van der Waals surface area contributed by atoms with Crippen molar-refractivity contribution >= 4 is 0 Å². The molecule has 2 atom stereocenters. The Morgan fingerprint density at radius 1 is 1.24 bits per heavy atom. The van der Waals surface area contributed by atoms with Crippen molar-refractivity contribution in [3.8, 4) is 0 Å². The molecule has 0 saturated heterocycles. The summed E-state index contributed by atoms with van der Waals surface area (Å²) in [6.07, 6.45) is 6.88. The van der Waals surface area contributed by atoms with Gasteiger partial charge in [-0.15, -0.1) is 0 Å². The fourth-order valence-electron chi connectivity index (χ4n) is 3.13. The Morgan fingerprint density at radius 2 is 1.90 bits per heavy atom. The maximum atomic E-state index is 9.95. The van der Waals surface area contributed by atoms with Gasteiger partial charge in [-0.05, 0) is 26.2 Å². The molecule has 0 bridgehead atoms. The molecule has 1 aliphatic carbocycles. The predicted molar refractivity (Wildman–Crippen MR) is 80.0 cm³/mol. The third kappa shape index (κ3) is 3.64. The Balaban J connectivity index is 2.23. The second-order valence-electron chi connectivity index (χ2n) is 6.06. The molecule has 1 fully saturated rings. The van der Waals surface area contributed by atoms with E-state index < -0.39 is 11.7 Å². The Bertz CT molecular complexity index is 425. The maximum Gasteiger partial charge on any atom is 0.232 e. The summed E-state index contributed by atoms with van der Waals surface area (Å²) >= 11 is 0. The first-order valence-corrected chi connectivity index (χ1v) is 8.29. The van der Waals surface area contributed by atoms with E-state index in [1.807, 2.05) is 20.8 Å². The smallest absolute Gasteiger partial charge is 0.232 e. The molecule has 120 valence electrons. The summed E-state index contributed by atoms with van der Waals surface area (Å²) in [5.74, 6) is 1.04. The van der Waals surface area contributed by atoms with E-state index in [-0.39, 0.29) is 5.92 Å². The third-order valence-corrected chi connectivity index (χ3v) is 4.57. The lowest BCUT2D eigenvalue weighted by Crippen LogP contribution is -2.31. The zero-order valence-corrected chi connectivity index (χ0v) is 13.5. The van der Waals surface area contributed by atoms with Crippen LogP contribution in [0.3, 0.4) is 0 Å². The van der Waals surface area contributed by atoms with Gasteiger partial charge in [0, 0.05) is 6.61 Å². The molecule has 0 spiro atoms. The predicted octanol–water partition coefficient (Wildman–Crippen LogP) is 3.53.